The van der Waals surface area contributed by atoms with E-state index in [2.05, 4.69) is 26.9 Å². The number of hydrogen-bond donors (Lipinski definition) is 1. The zero-order valence-corrected chi connectivity index (χ0v) is 9.18. The second-order valence-corrected chi connectivity index (χ2v) is 3.60. The van der Waals surface area contributed by atoms with Gasteiger partial charge >= 0.3 is 0 Å². The Bertz CT molecular complexity index is 276. The number of nitrogens with zero attached hydrogens (tertiary/aromatic N) is 2. The highest BCUT2D eigenvalue weighted by molar-refractivity contribution is 6.99. The van der Waals surface area contributed by atoms with Gasteiger partial charge in [-0.25, -0.2) is 0 Å². The summed E-state index contributed by atoms with van der Waals surface area (Å²) < 4.78 is 8.23. The molecule has 0 saturated carbocycles. The summed E-state index contributed by atoms with van der Waals surface area (Å²) in [6.07, 6.45) is 9.94. The molecule has 0 amide bonds. The number of hydrogen-bond acceptors (Lipinski definition) is 4. The predicted octanol–water partition coefficient (Wildman–Crippen LogP) is 1.99. The molecule has 1 N–H and O–H groups in total. The quantitative estimate of drug-likeness (QED) is 0.575. The highest BCUT2D eigenvalue weighted by atomic mass is 32.1. The fourth-order valence-corrected chi connectivity index (χ4v) is 1.81. The van der Waals surface area contributed by atoms with E-state index in [0.29, 0.717) is 6.04 Å². The van der Waals surface area contributed by atoms with Crippen molar-refractivity contribution in [2.75, 3.05) is 6.54 Å². The molecule has 0 aliphatic heterocycles. The van der Waals surface area contributed by atoms with Crippen LogP contribution in [-0.2, 0) is 0 Å². The Morgan fingerprint density at radius 2 is 2.57 bits per heavy atom. The molecular weight excluding hydrogens is 194 g/mol. The lowest BCUT2D eigenvalue weighted by molar-refractivity contribution is 0.494. The summed E-state index contributed by atoms with van der Waals surface area (Å²) in [6.45, 7) is 3.03. The smallest absolute Gasteiger partial charge is 0.0912 e. The van der Waals surface area contributed by atoms with Crippen LogP contribution in [0.15, 0.2) is 6.20 Å². The molecule has 1 unspecified atom stereocenters. The maximum absolute atomic E-state index is 5.21. The standard InChI is InChI=1S/C10H15N3S/c1-3-5-6-7-9(11-4-2)10-8-12-14-13-10/h1,8-9,11H,4-7H2,2H3. The van der Waals surface area contributed by atoms with Crippen LogP contribution in [-0.4, -0.2) is 15.3 Å². The van der Waals surface area contributed by atoms with Gasteiger partial charge in [-0.2, -0.15) is 8.75 Å². The topological polar surface area (TPSA) is 37.8 Å². The second-order valence-electron chi connectivity index (χ2n) is 3.04. The minimum absolute atomic E-state index is 0.312. The molecule has 4 heteroatoms. The van der Waals surface area contributed by atoms with Gasteiger partial charge in [0.15, 0.2) is 0 Å². The number of rotatable bonds is 6. The van der Waals surface area contributed by atoms with E-state index in [9.17, 15) is 0 Å². The van der Waals surface area contributed by atoms with Gasteiger partial charge in [0, 0.05) is 6.42 Å². The molecule has 3 nitrogen and oxygen atoms in total. The van der Waals surface area contributed by atoms with E-state index in [-0.39, 0.29) is 0 Å². The zero-order valence-electron chi connectivity index (χ0n) is 8.36. The molecule has 0 bridgehead atoms. The molecule has 1 aromatic heterocycles. The van der Waals surface area contributed by atoms with Crippen LogP contribution in [0.4, 0.5) is 0 Å². The monoisotopic (exact) mass is 209 g/mol. The predicted molar refractivity (Wildman–Crippen MR) is 59.0 cm³/mol. The van der Waals surface area contributed by atoms with E-state index in [1.54, 1.807) is 0 Å². The molecule has 76 valence electrons. The lowest BCUT2D eigenvalue weighted by atomic mass is 10.1. The fourth-order valence-electron chi connectivity index (χ4n) is 1.33. The van der Waals surface area contributed by atoms with Gasteiger partial charge in [0.1, 0.15) is 0 Å². The first-order valence-corrected chi connectivity index (χ1v) is 5.55. The summed E-state index contributed by atoms with van der Waals surface area (Å²) in [5.41, 5.74) is 1.04. The van der Waals surface area contributed by atoms with Crippen LogP contribution in [0.3, 0.4) is 0 Å². The maximum atomic E-state index is 5.21. The van der Waals surface area contributed by atoms with Gasteiger partial charge in [0.2, 0.25) is 0 Å². The Balaban J connectivity index is 2.44. The van der Waals surface area contributed by atoms with Crippen molar-refractivity contribution in [2.45, 2.75) is 32.2 Å². The third-order valence-electron chi connectivity index (χ3n) is 2.00. The Labute approximate surface area is 89.3 Å². The largest absolute Gasteiger partial charge is 0.309 e. The summed E-state index contributed by atoms with van der Waals surface area (Å²) in [5.74, 6) is 2.65. The number of aromatic nitrogens is 2. The summed E-state index contributed by atoms with van der Waals surface area (Å²) >= 11 is 1.25. The van der Waals surface area contributed by atoms with Crippen LogP contribution >= 0.6 is 11.7 Å². The molecule has 0 aromatic carbocycles. The van der Waals surface area contributed by atoms with Crippen LogP contribution in [0.25, 0.3) is 0 Å². The van der Waals surface area contributed by atoms with Gasteiger partial charge in [0.05, 0.1) is 29.7 Å². The van der Waals surface area contributed by atoms with Gasteiger partial charge in [-0.05, 0) is 19.4 Å². The third kappa shape index (κ3) is 3.44. The molecular formula is C10H15N3S. The van der Waals surface area contributed by atoms with Gasteiger partial charge in [-0.3, -0.25) is 0 Å². The van der Waals surface area contributed by atoms with Crippen molar-refractivity contribution in [2.24, 2.45) is 0 Å². The van der Waals surface area contributed by atoms with E-state index < -0.39 is 0 Å². The number of nitrogens with one attached hydrogen (secondary N) is 1. The van der Waals surface area contributed by atoms with Crippen molar-refractivity contribution in [1.82, 2.24) is 14.1 Å². The minimum atomic E-state index is 0.312. The first-order valence-electron chi connectivity index (χ1n) is 4.82. The van der Waals surface area contributed by atoms with Gasteiger partial charge in [0.25, 0.3) is 0 Å². The van der Waals surface area contributed by atoms with E-state index in [1.165, 1.54) is 11.7 Å². The van der Waals surface area contributed by atoms with Crippen LogP contribution in [0.2, 0.25) is 0 Å². The van der Waals surface area contributed by atoms with Gasteiger partial charge < -0.3 is 5.32 Å². The SMILES string of the molecule is C#CCCCC(NCC)c1cnsn1. The van der Waals surface area contributed by atoms with Crippen LogP contribution in [0.5, 0.6) is 0 Å². The molecule has 0 radical (unpaired) electrons. The molecule has 1 rings (SSSR count). The summed E-state index contributed by atoms with van der Waals surface area (Å²) in [5, 5.41) is 3.38. The first-order chi connectivity index (χ1) is 6.88. The van der Waals surface area contributed by atoms with Crippen molar-refractivity contribution < 1.29 is 0 Å². The molecule has 1 heterocycles. The average Bonchev–Trinajstić information content (AvgIpc) is 2.70. The molecule has 0 aliphatic rings. The highest BCUT2D eigenvalue weighted by Gasteiger charge is 2.11. The van der Waals surface area contributed by atoms with Crippen LogP contribution < -0.4 is 5.32 Å². The summed E-state index contributed by atoms with van der Waals surface area (Å²) in [7, 11) is 0. The molecule has 0 aliphatic carbocycles. The fraction of sp³-hybridized carbons (Fsp3) is 0.600. The Morgan fingerprint density at radius 3 is 3.14 bits per heavy atom. The van der Waals surface area contributed by atoms with Crippen LogP contribution in [0, 0.1) is 12.3 Å². The van der Waals surface area contributed by atoms with Crippen molar-refractivity contribution in [3.8, 4) is 12.3 Å². The van der Waals surface area contributed by atoms with Crippen molar-refractivity contribution in [1.29, 1.82) is 0 Å². The molecule has 14 heavy (non-hydrogen) atoms. The van der Waals surface area contributed by atoms with E-state index in [4.69, 9.17) is 6.42 Å². The first kappa shape index (κ1) is 11.2. The molecule has 0 saturated heterocycles. The highest BCUT2D eigenvalue weighted by Crippen LogP contribution is 2.17. The van der Waals surface area contributed by atoms with E-state index in [0.717, 1.165) is 31.5 Å². The summed E-state index contributed by atoms with van der Waals surface area (Å²) in [4.78, 5) is 0. The second kappa shape index (κ2) is 6.52. The van der Waals surface area contributed by atoms with Gasteiger partial charge in [-0.15, -0.1) is 12.3 Å². The van der Waals surface area contributed by atoms with Crippen molar-refractivity contribution >= 4 is 11.7 Å². The summed E-state index contributed by atoms with van der Waals surface area (Å²) in [6, 6.07) is 0.312. The van der Waals surface area contributed by atoms with Gasteiger partial charge in [-0.1, -0.05) is 6.92 Å². The average molecular weight is 209 g/mol. The van der Waals surface area contributed by atoms with E-state index >= 15 is 0 Å². The number of terminal acetylenes is 1. The molecule has 0 spiro atoms. The van der Waals surface area contributed by atoms with Crippen molar-refractivity contribution in [3.63, 3.8) is 0 Å². The molecule has 0 fully saturated rings. The Hall–Kier alpha value is -0.920. The number of unbranched alkanes of at least 4 members (excludes halogenated alkanes) is 1. The minimum Gasteiger partial charge on any atom is -0.309 e. The zero-order chi connectivity index (χ0) is 10.2. The normalized spacial score (nSPS) is 12.3. The Kier molecular flexibility index (Phi) is 5.20. The Morgan fingerprint density at radius 1 is 1.71 bits per heavy atom. The van der Waals surface area contributed by atoms with Crippen molar-refractivity contribution in [3.05, 3.63) is 11.9 Å². The van der Waals surface area contributed by atoms with E-state index in [1.807, 2.05) is 6.20 Å². The third-order valence-corrected chi connectivity index (χ3v) is 2.49. The lowest BCUT2D eigenvalue weighted by Crippen LogP contribution is -2.21. The van der Waals surface area contributed by atoms with Crippen LogP contribution in [0.1, 0.15) is 37.9 Å². The molecule has 1 aromatic rings. The lowest BCUT2D eigenvalue weighted by Gasteiger charge is -2.13. The molecule has 1 atom stereocenters. The maximum Gasteiger partial charge on any atom is 0.0912 e.